The molecule has 0 fully saturated rings. The molecule has 0 radical (unpaired) electrons. The van der Waals surface area contributed by atoms with Gasteiger partial charge in [0, 0.05) is 18.2 Å². The highest BCUT2D eigenvalue weighted by Gasteiger charge is 2.31. The Hall–Kier alpha value is -2.82. The molecule has 1 N–H and O–H groups in total. The van der Waals surface area contributed by atoms with Gasteiger partial charge < -0.3 is 14.8 Å². The van der Waals surface area contributed by atoms with Gasteiger partial charge in [-0.25, -0.2) is 4.79 Å². The van der Waals surface area contributed by atoms with Crippen LogP contribution in [0.1, 0.15) is 21.5 Å². The molecule has 5 heteroatoms. The molecule has 3 rings (SSSR count). The fourth-order valence-corrected chi connectivity index (χ4v) is 2.59. The van der Waals surface area contributed by atoms with Crippen LogP contribution in [-0.2, 0) is 16.0 Å². The molecule has 0 aromatic heterocycles. The summed E-state index contributed by atoms with van der Waals surface area (Å²) in [4.78, 5) is 24.4. The summed E-state index contributed by atoms with van der Waals surface area (Å²) >= 11 is 0. The minimum absolute atomic E-state index is 0.348. The van der Waals surface area contributed by atoms with Crippen molar-refractivity contribution < 1.29 is 19.1 Å². The van der Waals surface area contributed by atoms with E-state index >= 15 is 0 Å². The summed E-state index contributed by atoms with van der Waals surface area (Å²) in [6.07, 6.45) is -0.457. The molecule has 5 nitrogen and oxygen atoms in total. The molecule has 0 saturated carbocycles. The topological polar surface area (TPSA) is 64.6 Å². The van der Waals surface area contributed by atoms with E-state index in [0.717, 1.165) is 11.1 Å². The van der Waals surface area contributed by atoms with E-state index in [4.69, 9.17) is 9.47 Å². The van der Waals surface area contributed by atoms with Crippen molar-refractivity contribution >= 4 is 17.6 Å². The number of esters is 1. The van der Waals surface area contributed by atoms with Crippen LogP contribution in [0.5, 0.6) is 5.75 Å². The molecule has 2 aromatic carbocycles. The molecule has 1 aliphatic rings. The Morgan fingerprint density at radius 1 is 1.26 bits per heavy atom. The van der Waals surface area contributed by atoms with Crippen LogP contribution in [0.2, 0.25) is 0 Å². The molecule has 1 atom stereocenters. The predicted molar refractivity (Wildman–Crippen MR) is 85.7 cm³/mol. The van der Waals surface area contributed by atoms with Crippen LogP contribution < -0.4 is 10.1 Å². The van der Waals surface area contributed by atoms with Gasteiger partial charge in [-0.15, -0.1) is 0 Å². The lowest BCUT2D eigenvalue weighted by Gasteiger charge is -2.24. The number of ether oxygens (including phenoxy) is 2. The highest BCUT2D eigenvalue weighted by Crippen LogP contribution is 2.23. The van der Waals surface area contributed by atoms with E-state index in [0.29, 0.717) is 23.4 Å². The van der Waals surface area contributed by atoms with Gasteiger partial charge in [0.15, 0.2) is 6.10 Å². The van der Waals surface area contributed by atoms with Gasteiger partial charge >= 0.3 is 5.97 Å². The number of methoxy groups -OCH3 is 1. The van der Waals surface area contributed by atoms with Gasteiger partial charge in [0.2, 0.25) is 0 Å². The van der Waals surface area contributed by atoms with Crippen molar-refractivity contribution in [3.63, 3.8) is 0 Å². The lowest BCUT2D eigenvalue weighted by atomic mass is 9.96. The van der Waals surface area contributed by atoms with Crippen molar-refractivity contribution in [3.8, 4) is 5.75 Å². The quantitative estimate of drug-likeness (QED) is 0.885. The summed E-state index contributed by atoms with van der Waals surface area (Å²) in [6, 6.07) is 12.5. The second kappa shape index (κ2) is 6.12. The van der Waals surface area contributed by atoms with E-state index in [1.165, 1.54) is 0 Å². The van der Waals surface area contributed by atoms with Gasteiger partial charge in [0.1, 0.15) is 5.75 Å². The molecule has 0 bridgehead atoms. The van der Waals surface area contributed by atoms with E-state index in [-0.39, 0.29) is 5.91 Å². The van der Waals surface area contributed by atoms with Crippen molar-refractivity contribution in [2.24, 2.45) is 0 Å². The first-order valence-electron chi connectivity index (χ1n) is 7.32. The second-order valence-electron chi connectivity index (χ2n) is 5.48. The maximum Gasteiger partial charge on any atom is 0.339 e. The van der Waals surface area contributed by atoms with E-state index in [1.54, 1.807) is 37.4 Å². The third-order valence-electron chi connectivity index (χ3n) is 3.76. The van der Waals surface area contributed by atoms with Gasteiger partial charge in [-0.2, -0.15) is 0 Å². The van der Waals surface area contributed by atoms with Crippen LogP contribution >= 0.6 is 0 Å². The zero-order chi connectivity index (χ0) is 16.4. The number of benzene rings is 2. The smallest absolute Gasteiger partial charge is 0.339 e. The van der Waals surface area contributed by atoms with Crippen molar-refractivity contribution in [1.29, 1.82) is 0 Å². The summed E-state index contributed by atoms with van der Waals surface area (Å²) in [6.45, 7) is 1.95. The van der Waals surface area contributed by atoms with Crippen molar-refractivity contribution in [3.05, 3.63) is 59.2 Å². The molecule has 0 aliphatic carbocycles. The lowest BCUT2D eigenvalue weighted by molar-refractivity contribution is -0.125. The standard InChI is InChI=1S/C18H17NO4/c1-11-6-7-15-12(8-11)9-16(23-18(15)21)17(20)19-13-4-3-5-14(10-13)22-2/h3-8,10,16H,9H2,1-2H3,(H,19,20). The Balaban J connectivity index is 1.77. The van der Waals surface area contributed by atoms with Crippen LogP contribution in [0.25, 0.3) is 0 Å². The molecular formula is C18H17NO4. The Morgan fingerprint density at radius 3 is 2.87 bits per heavy atom. The zero-order valence-corrected chi connectivity index (χ0v) is 13.0. The maximum absolute atomic E-state index is 12.4. The molecule has 2 aromatic rings. The molecule has 0 saturated heterocycles. The van der Waals surface area contributed by atoms with Crippen molar-refractivity contribution in [1.82, 2.24) is 0 Å². The average molecular weight is 311 g/mol. The maximum atomic E-state index is 12.4. The monoisotopic (exact) mass is 311 g/mol. The summed E-state index contributed by atoms with van der Waals surface area (Å²) in [5, 5.41) is 2.76. The Bertz CT molecular complexity index is 769. The summed E-state index contributed by atoms with van der Waals surface area (Å²) in [7, 11) is 1.56. The highest BCUT2D eigenvalue weighted by atomic mass is 16.5. The number of hydrogen-bond acceptors (Lipinski definition) is 4. The number of carbonyl (C=O) groups excluding carboxylic acids is 2. The number of anilines is 1. The van der Waals surface area contributed by atoms with Gasteiger partial charge in [-0.3, -0.25) is 4.79 Å². The van der Waals surface area contributed by atoms with Gasteiger partial charge in [-0.1, -0.05) is 23.8 Å². The molecule has 1 aliphatic heterocycles. The van der Waals surface area contributed by atoms with Crippen molar-refractivity contribution in [2.75, 3.05) is 12.4 Å². The van der Waals surface area contributed by atoms with E-state index < -0.39 is 12.1 Å². The molecule has 0 spiro atoms. The third kappa shape index (κ3) is 3.18. The second-order valence-corrected chi connectivity index (χ2v) is 5.48. The molecule has 1 heterocycles. The predicted octanol–water partition coefficient (Wildman–Crippen LogP) is 2.72. The van der Waals surface area contributed by atoms with Crippen molar-refractivity contribution in [2.45, 2.75) is 19.4 Å². The molecule has 1 unspecified atom stereocenters. The molecule has 1 amide bonds. The minimum atomic E-state index is -0.831. The number of nitrogens with one attached hydrogen (secondary N) is 1. The highest BCUT2D eigenvalue weighted by molar-refractivity contribution is 6.00. The first kappa shape index (κ1) is 15.1. The first-order valence-corrected chi connectivity index (χ1v) is 7.32. The largest absolute Gasteiger partial charge is 0.497 e. The van der Waals surface area contributed by atoms with Gasteiger partial charge in [0.25, 0.3) is 5.91 Å². The molecule has 118 valence electrons. The Morgan fingerprint density at radius 2 is 2.09 bits per heavy atom. The zero-order valence-electron chi connectivity index (χ0n) is 13.0. The van der Waals surface area contributed by atoms with E-state index in [1.807, 2.05) is 19.1 Å². The van der Waals surface area contributed by atoms with Crippen LogP contribution in [0, 0.1) is 6.92 Å². The summed E-state index contributed by atoms with van der Waals surface area (Å²) in [5.41, 5.74) is 3.01. The number of cyclic esters (lactones) is 1. The van der Waals surface area contributed by atoms with Crippen LogP contribution in [-0.4, -0.2) is 25.1 Å². The summed E-state index contributed by atoms with van der Waals surface area (Å²) in [5.74, 6) is -0.166. The van der Waals surface area contributed by atoms with E-state index in [2.05, 4.69) is 5.32 Å². The van der Waals surface area contributed by atoms with Crippen LogP contribution in [0.3, 0.4) is 0 Å². The Kier molecular flexibility index (Phi) is 4.02. The SMILES string of the molecule is COc1cccc(NC(=O)C2Cc3cc(C)ccc3C(=O)O2)c1. The average Bonchev–Trinajstić information content (AvgIpc) is 2.54. The van der Waals surface area contributed by atoms with Gasteiger partial charge in [-0.05, 0) is 30.7 Å². The van der Waals surface area contributed by atoms with Crippen LogP contribution in [0.15, 0.2) is 42.5 Å². The number of aryl methyl sites for hydroxylation is 1. The van der Waals surface area contributed by atoms with Gasteiger partial charge in [0.05, 0.1) is 12.7 Å². The normalized spacial score (nSPS) is 16.3. The minimum Gasteiger partial charge on any atom is -0.497 e. The Labute approximate surface area is 134 Å². The number of fused-ring (bicyclic) bond motifs is 1. The first-order chi connectivity index (χ1) is 11.1. The van der Waals surface area contributed by atoms with E-state index in [9.17, 15) is 9.59 Å². The summed E-state index contributed by atoms with van der Waals surface area (Å²) < 4.78 is 10.4. The molecular weight excluding hydrogens is 294 g/mol. The number of rotatable bonds is 3. The van der Waals surface area contributed by atoms with Crippen LogP contribution in [0.4, 0.5) is 5.69 Å². The fourth-order valence-electron chi connectivity index (χ4n) is 2.59. The lowest BCUT2D eigenvalue weighted by Crippen LogP contribution is -2.38. The number of amides is 1. The third-order valence-corrected chi connectivity index (χ3v) is 3.76. The number of carbonyl (C=O) groups is 2. The number of hydrogen-bond donors (Lipinski definition) is 1. The fraction of sp³-hybridized carbons (Fsp3) is 0.222. The molecule has 23 heavy (non-hydrogen) atoms.